The maximum absolute atomic E-state index is 4.63. The first-order valence-corrected chi connectivity index (χ1v) is 7.93. The third kappa shape index (κ3) is 4.35. The van der Waals surface area contributed by atoms with Crippen molar-refractivity contribution in [1.82, 2.24) is 20.4 Å². The lowest BCUT2D eigenvalue weighted by molar-refractivity contribution is 0.686. The third-order valence-electron chi connectivity index (χ3n) is 3.56. The molecule has 1 aliphatic carbocycles. The van der Waals surface area contributed by atoms with Crippen molar-refractivity contribution in [2.45, 2.75) is 38.9 Å². The molecule has 1 fully saturated rings. The molecule has 0 bridgehead atoms. The average Bonchev–Trinajstić information content (AvgIpc) is 3.24. The molecule has 0 unspecified atom stereocenters. The summed E-state index contributed by atoms with van der Waals surface area (Å²) in [5.74, 6) is 0.904. The van der Waals surface area contributed by atoms with E-state index in [0.29, 0.717) is 12.6 Å². The van der Waals surface area contributed by atoms with Crippen LogP contribution in [0.3, 0.4) is 0 Å². The minimum atomic E-state index is 0.610. The van der Waals surface area contributed by atoms with Crippen LogP contribution in [0.2, 0.25) is 0 Å². The molecule has 3 rings (SSSR count). The normalized spacial score (nSPS) is 14.9. The Morgan fingerprint density at radius 1 is 1.27 bits per heavy atom. The van der Waals surface area contributed by atoms with E-state index in [0.717, 1.165) is 24.6 Å². The van der Waals surface area contributed by atoms with E-state index in [4.69, 9.17) is 0 Å². The molecule has 0 radical (unpaired) electrons. The van der Waals surface area contributed by atoms with Crippen LogP contribution in [-0.2, 0) is 13.1 Å². The van der Waals surface area contributed by atoms with Crippen molar-refractivity contribution in [3.63, 3.8) is 0 Å². The maximum atomic E-state index is 4.63. The number of guanidine groups is 1. The Morgan fingerprint density at radius 3 is 2.82 bits per heavy atom. The highest BCUT2D eigenvalue weighted by Crippen LogP contribution is 2.18. The van der Waals surface area contributed by atoms with E-state index in [1.54, 1.807) is 0 Å². The molecule has 1 saturated carbocycles. The predicted octanol–water partition coefficient (Wildman–Crippen LogP) is 2.15. The maximum Gasteiger partial charge on any atom is 0.191 e. The molecule has 22 heavy (non-hydrogen) atoms. The molecule has 0 spiro atoms. The van der Waals surface area contributed by atoms with Gasteiger partial charge in [0.1, 0.15) is 0 Å². The van der Waals surface area contributed by atoms with E-state index >= 15 is 0 Å². The Balaban J connectivity index is 1.58. The molecule has 5 heteroatoms. The molecule has 0 atom stereocenters. The lowest BCUT2D eigenvalue weighted by atomic mass is 10.2. The summed E-state index contributed by atoms with van der Waals surface area (Å²) in [5, 5.41) is 11.1. The van der Waals surface area contributed by atoms with E-state index in [-0.39, 0.29) is 0 Å². The highest BCUT2D eigenvalue weighted by atomic mass is 15.3. The predicted molar refractivity (Wildman–Crippen MR) is 88.7 cm³/mol. The van der Waals surface area contributed by atoms with Crippen LogP contribution in [0.4, 0.5) is 0 Å². The number of rotatable bonds is 6. The van der Waals surface area contributed by atoms with Gasteiger partial charge in [-0.1, -0.05) is 30.3 Å². The average molecular weight is 297 g/mol. The van der Waals surface area contributed by atoms with Gasteiger partial charge in [-0.2, -0.15) is 5.10 Å². The highest BCUT2D eigenvalue weighted by molar-refractivity contribution is 5.80. The van der Waals surface area contributed by atoms with Crippen molar-refractivity contribution < 1.29 is 0 Å². The van der Waals surface area contributed by atoms with Gasteiger partial charge in [0.2, 0.25) is 0 Å². The third-order valence-corrected chi connectivity index (χ3v) is 3.56. The molecule has 0 amide bonds. The van der Waals surface area contributed by atoms with Crippen molar-refractivity contribution in [1.29, 1.82) is 0 Å². The van der Waals surface area contributed by atoms with Gasteiger partial charge in [-0.15, -0.1) is 0 Å². The number of aliphatic imine (C=N–C) groups is 1. The number of benzene rings is 1. The van der Waals surface area contributed by atoms with Crippen LogP contribution < -0.4 is 10.6 Å². The minimum Gasteiger partial charge on any atom is -0.357 e. The molecule has 0 aliphatic heterocycles. The molecule has 116 valence electrons. The largest absolute Gasteiger partial charge is 0.357 e. The fourth-order valence-electron chi connectivity index (χ4n) is 2.26. The van der Waals surface area contributed by atoms with Crippen LogP contribution in [0.15, 0.2) is 47.7 Å². The summed E-state index contributed by atoms with van der Waals surface area (Å²) in [4.78, 5) is 4.63. The van der Waals surface area contributed by atoms with Crippen LogP contribution >= 0.6 is 0 Å². The van der Waals surface area contributed by atoms with Gasteiger partial charge in [-0.3, -0.25) is 4.68 Å². The number of aromatic nitrogens is 2. The molecular formula is C17H23N5. The lowest BCUT2D eigenvalue weighted by Gasteiger charge is -2.09. The van der Waals surface area contributed by atoms with Crippen LogP contribution in [0.25, 0.3) is 0 Å². The molecule has 1 aromatic heterocycles. The van der Waals surface area contributed by atoms with Crippen LogP contribution in [0.1, 0.15) is 30.9 Å². The van der Waals surface area contributed by atoms with Crippen LogP contribution in [0, 0.1) is 0 Å². The first-order chi connectivity index (χ1) is 10.8. The summed E-state index contributed by atoms with van der Waals surface area (Å²) in [6.45, 7) is 4.41. The van der Waals surface area contributed by atoms with E-state index < -0.39 is 0 Å². The summed E-state index contributed by atoms with van der Waals surface area (Å²) in [6.07, 6.45) is 6.46. The highest BCUT2D eigenvalue weighted by Gasteiger charge is 2.22. The summed E-state index contributed by atoms with van der Waals surface area (Å²) < 4.78 is 1.96. The quantitative estimate of drug-likeness (QED) is 0.634. The zero-order chi connectivity index (χ0) is 15.2. The summed E-state index contributed by atoms with van der Waals surface area (Å²) in [6, 6.07) is 11.0. The standard InChI is InChI=1S/C17H23N5/c1-2-18-17(21-16-8-9-16)19-10-15-11-20-22(13-15)12-14-6-4-3-5-7-14/h3-7,11,13,16H,2,8-10,12H2,1H3,(H2,18,19,21). The van der Waals surface area contributed by atoms with Crippen LogP contribution in [-0.4, -0.2) is 28.3 Å². The fourth-order valence-corrected chi connectivity index (χ4v) is 2.26. The number of nitrogens with one attached hydrogen (secondary N) is 2. The van der Waals surface area contributed by atoms with E-state index in [1.165, 1.54) is 18.4 Å². The topological polar surface area (TPSA) is 54.2 Å². The molecule has 2 aromatic rings. The number of nitrogens with zero attached hydrogens (tertiary/aromatic N) is 3. The monoisotopic (exact) mass is 297 g/mol. The van der Waals surface area contributed by atoms with Gasteiger partial charge in [0.05, 0.1) is 19.3 Å². The van der Waals surface area contributed by atoms with Gasteiger partial charge < -0.3 is 10.6 Å². The Hall–Kier alpha value is -2.30. The van der Waals surface area contributed by atoms with Crippen molar-refractivity contribution in [3.8, 4) is 0 Å². The molecule has 2 N–H and O–H groups in total. The van der Waals surface area contributed by atoms with E-state index in [1.807, 2.05) is 16.9 Å². The summed E-state index contributed by atoms with van der Waals surface area (Å²) in [5.41, 5.74) is 2.38. The van der Waals surface area contributed by atoms with Gasteiger partial charge in [-0.05, 0) is 25.3 Å². The van der Waals surface area contributed by atoms with E-state index in [9.17, 15) is 0 Å². The Kier molecular flexibility index (Phi) is 4.73. The van der Waals surface area contributed by atoms with Crippen molar-refractivity contribution in [2.75, 3.05) is 6.54 Å². The van der Waals surface area contributed by atoms with Gasteiger partial charge in [0.15, 0.2) is 5.96 Å². The summed E-state index contributed by atoms with van der Waals surface area (Å²) >= 11 is 0. The number of hydrogen-bond donors (Lipinski definition) is 2. The Bertz CT molecular complexity index is 613. The van der Waals surface area contributed by atoms with Gasteiger partial charge in [0, 0.05) is 24.3 Å². The molecule has 5 nitrogen and oxygen atoms in total. The number of hydrogen-bond acceptors (Lipinski definition) is 2. The second-order valence-corrected chi connectivity index (χ2v) is 5.65. The Morgan fingerprint density at radius 2 is 2.09 bits per heavy atom. The fraction of sp³-hybridized carbons (Fsp3) is 0.412. The zero-order valence-electron chi connectivity index (χ0n) is 13.0. The molecule has 0 saturated heterocycles. The van der Waals surface area contributed by atoms with Crippen molar-refractivity contribution >= 4 is 5.96 Å². The first kappa shape index (κ1) is 14.6. The SMILES string of the molecule is CCNC(=NCc1cnn(Cc2ccccc2)c1)NC1CC1. The van der Waals surface area contributed by atoms with Crippen molar-refractivity contribution in [2.24, 2.45) is 4.99 Å². The van der Waals surface area contributed by atoms with Gasteiger partial charge in [-0.25, -0.2) is 4.99 Å². The zero-order valence-corrected chi connectivity index (χ0v) is 13.0. The minimum absolute atomic E-state index is 0.610. The van der Waals surface area contributed by atoms with Gasteiger partial charge >= 0.3 is 0 Å². The first-order valence-electron chi connectivity index (χ1n) is 7.93. The Labute approximate surface area is 131 Å². The second kappa shape index (κ2) is 7.11. The molecule has 1 aromatic carbocycles. The smallest absolute Gasteiger partial charge is 0.191 e. The second-order valence-electron chi connectivity index (χ2n) is 5.65. The summed E-state index contributed by atoms with van der Waals surface area (Å²) in [7, 11) is 0. The van der Waals surface area contributed by atoms with Crippen molar-refractivity contribution in [3.05, 3.63) is 53.9 Å². The lowest BCUT2D eigenvalue weighted by Crippen LogP contribution is -2.38. The van der Waals surface area contributed by atoms with Gasteiger partial charge in [0.25, 0.3) is 0 Å². The molecular weight excluding hydrogens is 274 g/mol. The van der Waals surface area contributed by atoms with Crippen LogP contribution in [0.5, 0.6) is 0 Å². The molecule has 1 aliphatic rings. The van der Waals surface area contributed by atoms with E-state index in [2.05, 4.69) is 58.1 Å². The molecule has 1 heterocycles.